The van der Waals surface area contributed by atoms with Crippen molar-refractivity contribution in [1.29, 1.82) is 0 Å². The van der Waals surface area contributed by atoms with E-state index in [2.05, 4.69) is 24.5 Å². The van der Waals surface area contributed by atoms with Gasteiger partial charge in [0, 0.05) is 56.8 Å². The molecule has 336 valence electrons. The van der Waals surface area contributed by atoms with E-state index in [4.69, 9.17) is 9.47 Å². The maximum absolute atomic E-state index is 13.5. The Morgan fingerprint density at radius 3 is 1.47 bits per heavy atom. The number of hydrogen-bond donors (Lipinski definition) is 4. The predicted molar refractivity (Wildman–Crippen MR) is 237 cm³/mol. The molecule has 0 radical (unpaired) electrons. The Bertz CT molecular complexity index is 2200. The van der Waals surface area contributed by atoms with Crippen LogP contribution in [-0.2, 0) is 41.5 Å². The lowest BCUT2D eigenvalue weighted by Crippen LogP contribution is -2.53. The first-order chi connectivity index (χ1) is 30.7. The smallest absolute Gasteiger partial charge is 0.251 e. The Kier molecular flexibility index (Phi) is 14.1. The van der Waals surface area contributed by atoms with E-state index in [0.29, 0.717) is 54.1 Å². The first-order valence-corrected chi connectivity index (χ1v) is 21.6. The van der Waals surface area contributed by atoms with Crippen molar-refractivity contribution in [3.63, 3.8) is 0 Å². The molecule has 4 aliphatic rings. The standard InChI is InChI=1S/C25H28N2O5.C24H27N3O5/c1-15(2)17-6-8-18(9-7-17)24(30)26-20(13-16-4-3-5-19(28)12-16)25(31)27-11-10-22-23(27)21(29)14-32-22;1-26(2)17-8-6-16(7-9-17)23(30)25-19(13-15-4-3-5-18(28)12-15)24(31)27-11-10-21-22(27)20(29)14-32-21/h3-9,12,15,20,22-23,28H,10-11,13-14H2,1-2H3,(H,26,30);3-9,12,19,21-22,28H,10-11,13-14H2,1-2H3,(H,25,30). The van der Waals surface area contributed by atoms with Crippen LogP contribution in [0.3, 0.4) is 0 Å². The molecule has 6 atom stereocenters. The fraction of sp³-hybridized carbons (Fsp3) is 0.388. The van der Waals surface area contributed by atoms with Gasteiger partial charge in [0.25, 0.3) is 11.8 Å². The lowest BCUT2D eigenvalue weighted by atomic mass is 10.0. The Balaban J connectivity index is 0.000000191. The number of carbonyl (C=O) groups excluding carboxylic acids is 6. The van der Waals surface area contributed by atoms with Crippen LogP contribution in [0.1, 0.15) is 70.0 Å². The highest BCUT2D eigenvalue weighted by molar-refractivity contribution is 6.00. The van der Waals surface area contributed by atoms with Gasteiger partial charge in [-0.1, -0.05) is 50.2 Å². The molecular weight excluding hydrogens is 819 g/mol. The van der Waals surface area contributed by atoms with Crippen molar-refractivity contribution in [3.05, 3.63) is 125 Å². The number of benzene rings is 4. The van der Waals surface area contributed by atoms with Crippen molar-refractivity contribution in [3.8, 4) is 11.5 Å². The molecule has 0 aromatic heterocycles. The van der Waals surface area contributed by atoms with Crippen LogP contribution in [0.4, 0.5) is 5.69 Å². The van der Waals surface area contributed by atoms with E-state index in [0.717, 1.165) is 11.3 Å². The maximum Gasteiger partial charge on any atom is 0.251 e. The van der Waals surface area contributed by atoms with Gasteiger partial charge in [-0.3, -0.25) is 28.8 Å². The molecular formula is C49H55N5O10. The van der Waals surface area contributed by atoms with Gasteiger partial charge in [0.05, 0.1) is 12.2 Å². The number of ketones is 2. The second-order valence-corrected chi connectivity index (χ2v) is 17.2. The monoisotopic (exact) mass is 873 g/mol. The van der Waals surface area contributed by atoms with Gasteiger partial charge >= 0.3 is 0 Å². The van der Waals surface area contributed by atoms with E-state index in [1.54, 1.807) is 72.8 Å². The molecule has 4 saturated heterocycles. The van der Waals surface area contributed by atoms with Crippen molar-refractivity contribution < 1.29 is 48.5 Å². The van der Waals surface area contributed by atoms with Crippen molar-refractivity contribution in [1.82, 2.24) is 20.4 Å². The van der Waals surface area contributed by atoms with Crippen LogP contribution in [0, 0.1) is 0 Å². The number of amides is 4. The summed E-state index contributed by atoms with van der Waals surface area (Å²) in [4.78, 5) is 82.5. The topological polar surface area (TPSA) is 195 Å². The number of rotatable bonds is 12. The molecule has 0 aliphatic carbocycles. The van der Waals surface area contributed by atoms with Gasteiger partial charge < -0.3 is 45.0 Å². The van der Waals surface area contributed by atoms with Crippen molar-refractivity contribution in [2.45, 2.75) is 81.8 Å². The molecule has 0 bridgehead atoms. The van der Waals surface area contributed by atoms with E-state index in [1.165, 1.54) is 9.80 Å². The van der Waals surface area contributed by atoms with Gasteiger partial charge in [0.1, 0.15) is 48.9 Å². The average molecular weight is 874 g/mol. The summed E-state index contributed by atoms with van der Waals surface area (Å²) in [5.41, 5.74) is 4.39. The van der Waals surface area contributed by atoms with Crippen LogP contribution in [0.2, 0.25) is 0 Å². The van der Waals surface area contributed by atoms with E-state index < -0.39 is 24.2 Å². The summed E-state index contributed by atoms with van der Waals surface area (Å²) in [6, 6.07) is 24.7. The van der Waals surface area contributed by atoms with Gasteiger partial charge in [-0.2, -0.15) is 0 Å². The van der Waals surface area contributed by atoms with Crippen LogP contribution in [0.15, 0.2) is 97.1 Å². The number of Topliss-reactive ketones (excluding diaryl/α,β-unsaturated/α-hetero) is 2. The van der Waals surface area contributed by atoms with Crippen LogP contribution in [-0.4, -0.2) is 132 Å². The van der Waals surface area contributed by atoms with Gasteiger partial charge in [-0.25, -0.2) is 0 Å². The minimum atomic E-state index is -0.884. The van der Waals surface area contributed by atoms with Gasteiger partial charge in [-0.05, 0) is 96.1 Å². The lowest BCUT2D eigenvalue weighted by Gasteiger charge is -2.27. The number of nitrogens with zero attached hydrogens (tertiary/aromatic N) is 3. The maximum atomic E-state index is 13.5. The zero-order chi connectivity index (χ0) is 45.7. The zero-order valence-electron chi connectivity index (χ0n) is 36.4. The molecule has 4 fully saturated rings. The summed E-state index contributed by atoms with van der Waals surface area (Å²) in [6.45, 7) is 5.01. The molecule has 0 spiro atoms. The fourth-order valence-electron chi connectivity index (χ4n) is 8.74. The second kappa shape index (κ2) is 19.9. The highest BCUT2D eigenvalue weighted by atomic mass is 16.5. The molecule has 4 amide bonds. The molecule has 4 aromatic rings. The third-order valence-electron chi connectivity index (χ3n) is 12.2. The number of carbonyl (C=O) groups is 6. The molecule has 4 N–H and O–H groups in total. The Hall–Kier alpha value is -6.58. The summed E-state index contributed by atoms with van der Waals surface area (Å²) in [7, 11) is 3.83. The number of fused-ring (bicyclic) bond motifs is 2. The number of ether oxygens (including phenoxy) is 2. The highest BCUT2D eigenvalue weighted by Gasteiger charge is 2.49. The average Bonchev–Trinajstić information content (AvgIpc) is 4.08. The first kappa shape index (κ1) is 45.4. The molecule has 15 heteroatoms. The minimum absolute atomic E-state index is 0.0148. The van der Waals surface area contributed by atoms with Gasteiger partial charge in [-0.15, -0.1) is 0 Å². The van der Waals surface area contributed by atoms with Crippen LogP contribution in [0.25, 0.3) is 0 Å². The molecule has 4 heterocycles. The summed E-state index contributed by atoms with van der Waals surface area (Å²) in [6.07, 6.45) is 1.05. The van der Waals surface area contributed by atoms with E-state index in [9.17, 15) is 39.0 Å². The predicted octanol–water partition coefficient (Wildman–Crippen LogP) is 3.79. The number of nitrogens with one attached hydrogen (secondary N) is 2. The number of phenolic OH excluding ortho intramolecular Hbond substituents is 2. The molecule has 8 rings (SSSR count). The molecule has 64 heavy (non-hydrogen) atoms. The minimum Gasteiger partial charge on any atom is -0.508 e. The Morgan fingerprint density at radius 1 is 0.656 bits per heavy atom. The molecule has 4 aromatic carbocycles. The normalized spacial score (nSPS) is 20.8. The van der Waals surface area contributed by atoms with Crippen LogP contribution in [0.5, 0.6) is 11.5 Å². The van der Waals surface area contributed by atoms with Crippen molar-refractivity contribution in [2.24, 2.45) is 0 Å². The second-order valence-electron chi connectivity index (χ2n) is 17.2. The highest BCUT2D eigenvalue weighted by Crippen LogP contribution is 2.30. The Labute approximate surface area is 372 Å². The Morgan fingerprint density at radius 2 is 1.08 bits per heavy atom. The molecule has 15 nitrogen and oxygen atoms in total. The van der Waals surface area contributed by atoms with Crippen molar-refractivity contribution >= 4 is 40.9 Å². The van der Waals surface area contributed by atoms with E-state index in [1.807, 2.05) is 43.3 Å². The summed E-state index contributed by atoms with van der Waals surface area (Å²) < 4.78 is 11.0. The van der Waals surface area contributed by atoms with Gasteiger partial charge in [0.15, 0.2) is 11.6 Å². The summed E-state index contributed by atoms with van der Waals surface area (Å²) in [5.74, 6) is -1.06. The number of anilines is 1. The SMILES string of the molecule is CC(C)c1ccc(C(=O)NC(Cc2cccc(O)c2)C(=O)N2CCC3OCC(=O)C32)cc1.CN(C)c1ccc(C(=O)NC(Cc2cccc(O)c2)C(=O)N2CCC3OCC(=O)C32)cc1. The number of hydrogen-bond acceptors (Lipinski definition) is 11. The number of phenols is 2. The van der Waals surface area contributed by atoms with E-state index in [-0.39, 0.29) is 85.0 Å². The zero-order valence-corrected chi connectivity index (χ0v) is 36.4. The van der Waals surface area contributed by atoms with Gasteiger partial charge in [0.2, 0.25) is 11.8 Å². The molecule has 6 unspecified atom stereocenters. The largest absolute Gasteiger partial charge is 0.508 e. The van der Waals surface area contributed by atoms with E-state index >= 15 is 0 Å². The van der Waals surface area contributed by atoms with Crippen molar-refractivity contribution in [2.75, 3.05) is 45.3 Å². The third-order valence-corrected chi connectivity index (χ3v) is 12.2. The van der Waals surface area contributed by atoms with Crippen LogP contribution < -0.4 is 15.5 Å². The fourth-order valence-corrected chi connectivity index (χ4v) is 8.74. The number of likely N-dealkylation sites (tertiary alicyclic amines) is 2. The first-order valence-electron chi connectivity index (χ1n) is 21.6. The molecule has 0 saturated carbocycles. The summed E-state index contributed by atoms with van der Waals surface area (Å²) in [5, 5.41) is 25.3. The number of aromatic hydroxyl groups is 2. The summed E-state index contributed by atoms with van der Waals surface area (Å²) >= 11 is 0. The molecule has 4 aliphatic heterocycles. The quantitative estimate of drug-likeness (QED) is 0.162. The third kappa shape index (κ3) is 10.4. The lowest BCUT2D eigenvalue weighted by molar-refractivity contribution is -0.138. The van der Waals surface area contributed by atoms with Crippen LogP contribution >= 0.6 is 0 Å².